The van der Waals surface area contributed by atoms with Gasteiger partial charge >= 0.3 is 0 Å². The van der Waals surface area contributed by atoms with Crippen LogP contribution in [0.1, 0.15) is 40.0 Å². The molecule has 1 rings (SSSR count). The highest BCUT2D eigenvalue weighted by atomic mass is 14.3. The van der Waals surface area contributed by atoms with Crippen LogP contribution in [0.2, 0.25) is 0 Å². The van der Waals surface area contributed by atoms with Crippen LogP contribution in [0.5, 0.6) is 0 Å². The maximum Gasteiger partial charge on any atom is -0.0200 e. The minimum absolute atomic E-state index is 0.830. The third-order valence-corrected chi connectivity index (χ3v) is 2.98. The van der Waals surface area contributed by atoms with Crippen LogP contribution in [0, 0.1) is 17.8 Å². The topological polar surface area (TPSA) is 0 Å². The van der Waals surface area contributed by atoms with Gasteiger partial charge in [-0.2, -0.15) is 0 Å². The summed E-state index contributed by atoms with van der Waals surface area (Å²) in [5, 5.41) is 0. The van der Waals surface area contributed by atoms with Gasteiger partial charge in [0.1, 0.15) is 0 Å². The second-order valence-electron chi connectivity index (χ2n) is 3.77. The van der Waals surface area contributed by atoms with Crippen molar-refractivity contribution in [2.75, 3.05) is 0 Å². The molecular weight excluding hydrogens is 132 g/mol. The fourth-order valence-electron chi connectivity index (χ4n) is 2.31. The van der Waals surface area contributed by atoms with Gasteiger partial charge in [-0.25, -0.2) is 0 Å². The maximum absolute atomic E-state index is 2.43. The minimum atomic E-state index is 0.830. The van der Waals surface area contributed by atoms with Crippen molar-refractivity contribution >= 4 is 0 Å². The molecule has 0 aromatic carbocycles. The Morgan fingerprint density at radius 1 is 1.18 bits per heavy atom. The summed E-state index contributed by atoms with van der Waals surface area (Å²) in [6, 6.07) is 0. The van der Waals surface area contributed by atoms with Gasteiger partial charge < -0.3 is 0 Å². The molecule has 0 fully saturated rings. The van der Waals surface area contributed by atoms with E-state index in [2.05, 4.69) is 32.9 Å². The minimum Gasteiger partial charge on any atom is -0.0851 e. The van der Waals surface area contributed by atoms with Gasteiger partial charge in [0.15, 0.2) is 0 Å². The summed E-state index contributed by atoms with van der Waals surface area (Å²) in [6.07, 6.45) is 8.90. The van der Waals surface area contributed by atoms with Crippen molar-refractivity contribution in [1.82, 2.24) is 0 Å². The van der Waals surface area contributed by atoms with Gasteiger partial charge in [-0.05, 0) is 24.2 Å². The molecule has 64 valence electrons. The van der Waals surface area contributed by atoms with E-state index in [1.54, 1.807) is 0 Å². The fourth-order valence-corrected chi connectivity index (χ4v) is 2.31. The molecule has 0 saturated carbocycles. The predicted octanol–water partition coefficient (Wildman–Crippen LogP) is 3.63. The van der Waals surface area contributed by atoms with Gasteiger partial charge in [0.05, 0.1) is 0 Å². The van der Waals surface area contributed by atoms with Gasteiger partial charge in [0.25, 0.3) is 0 Å². The molecule has 0 aromatic rings. The Morgan fingerprint density at radius 3 is 2.45 bits per heavy atom. The zero-order valence-electron chi connectivity index (χ0n) is 8.01. The molecule has 0 spiro atoms. The Hall–Kier alpha value is -0.260. The van der Waals surface area contributed by atoms with Crippen LogP contribution in [0.25, 0.3) is 0 Å². The van der Waals surface area contributed by atoms with Gasteiger partial charge in [-0.3, -0.25) is 0 Å². The lowest BCUT2D eigenvalue weighted by Crippen LogP contribution is -2.12. The van der Waals surface area contributed by atoms with Crippen molar-refractivity contribution in [2.24, 2.45) is 17.8 Å². The fraction of sp³-hybridized carbons (Fsp3) is 0.818. The molecule has 1 aliphatic rings. The van der Waals surface area contributed by atoms with Crippen molar-refractivity contribution in [2.45, 2.75) is 40.0 Å². The van der Waals surface area contributed by atoms with Crippen molar-refractivity contribution in [3.05, 3.63) is 12.2 Å². The molecule has 0 amide bonds. The van der Waals surface area contributed by atoms with E-state index < -0.39 is 0 Å². The van der Waals surface area contributed by atoms with E-state index in [-0.39, 0.29) is 0 Å². The molecule has 0 N–H and O–H groups in total. The first kappa shape index (κ1) is 8.83. The maximum atomic E-state index is 2.43. The van der Waals surface area contributed by atoms with Crippen molar-refractivity contribution in [3.63, 3.8) is 0 Å². The quantitative estimate of drug-likeness (QED) is 0.542. The van der Waals surface area contributed by atoms with E-state index in [4.69, 9.17) is 0 Å². The number of allylic oxidation sites excluding steroid dienone is 2. The molecule has 0 aliphatic heterocycles. The average molecular weight is 152 g/mol. The molecule has 0 bridgehead atoms. The van der Waals surface area contributed by atoms with Crippen LogP contribution in [-0.4, -0.2) is 0 Å². The smallest absolute Gasteiger partial charge is 0.0200 e. The van der Waals surface area contributed by atoms with Gasteiger partial charge in [-0.1, -0.05) is 45.8 Å². The molecule has 0 radical (unpaired) electrons. The normalized spacial score (nSPS) is 36.5. The zero-order valence-corrected chi connectivity index (χ0v) is 8.01. The summed E-state index contributed by atoms with van der Waals surface area (Å²) in [6.45, 7) is 6.95. The van der Waals surface area contributed by atoms with Crippen LogP contribution in [-0.2, 0) is 0 Å². The monoisotopic (exact) mass is 152 g/mol. The first-order valence-corrected chi connectivity index (χ1v) is 4.97. The van der Waals surface area contributed by atoms with E-state index >= 15 is 0 Å². The molecular formula is C11H20. The van der Waals surface area contributed by atoms with Crippen molar-refractivity contribution in [1.29, 1.82) is 0 Å². The lowest BCUT2D eigenvalue weighted by Gasteiger charge is -2.20. The van der Waals surface area contributed by atoms with Crippen LogP contribution < -0.4 is 0 Å². The molecule has 0 aromatic heterocycles. The van der Waals surface area contributed by atoms with Gasteiger partial charge in [-0.15, -0.1) is 0 Å². The lowest BCUT2D eigenvalue weighted by atomic mass is 9.84. The van der Waals surface area contributed by atoms with E-state index in [1.165, 1.54) is 19.3 Å². The average Bonchev–Trinajstić information content (AvgIpc) is 2.33. The first-order valence-electron chi connectivity index (χ1n) is 4.97. The Kier molecular flexibility index (Phi) is 3.16. The standard InChI is InChI=1S/C11H20/c1-4-6-10-8-7-9(3)11(10)5-2/h7-11H,4-6H2,1-3H3. The number of hydrogen-bond acceptors (Lipinski definition) is 0. The molecule has 0 heterocycles. The summed E-state index contributed by atoms with van der Waals surface area (Å²) in [5.74, 6) is 2.66. The summed E-state index contributed by atoms with van der Waals surface area (Å²) in [5.41, 5.74) is 0. The second-order valence-corrected chi connectivity index (χ2v) is 3.77. The third-order valence-electron chi connectivity index (χ3n) is 2.98. The summed E-state index contributed by atoms with van der Waals surface area (Å²) < 4.78 is 0. The van der Waals surface area contributed by atoms with E-state index in [1.807, 2.05) is 0 Å². The Labute approximate surface area is 70.7 Å². The molecule has 3 atom stereocenters. The van der Waals surface area contributed by atoms with E-state index in [9.17, 15) is 0 Å². The van der Waals surface area contributed by atoms with E-state index in [0.29, 0.717) is 0 Å². The molecule has 0 saturated heterocycles. The second kappa shape index (κ2) is 3.94. The predicted molar refractivity (Wildman–Crippen MR) is 50.5 cm³/mol. The van der Waals surface area contributed by atoms with Crippen LogP contribution in [0.4, 0.5) is 0 Å². The third kappa shape index (κ3) is 1.85. The highest BCUT2D eigenvalue weighted by Crippen LogP contribution is 2.35. The molecule has 0 nitrogen and oxygen atoms in total. The van der Waals surface area contributed by atoms with Crippen molar-refractivity contribution < 1.29 is 0 Å². The molecule has 1 aliphatic carbocycles. The first-order chi connectivity index (χ1) is 5.29. The molecule has 0 heteroatoms. The van der Waals surface area contributed by atoms with Crippen LogP contribution in [0.15, 0.2) is 12.2 Å². The largest absolute Gasteiger partial charge is 0.0851 e. The van der Waals surface area contributed by atoms with Crippen molar-refractivity contribution in [3.8, 4) is 0 Å². The summed E-state index contributed by atoms with van der Waals surface area (Å²) in [4.78, 5) is 0. The molecule has 3 unspecified atom stereocenters. The highest BCUT2D eigenvalue weighted by Gasteiger charge is 2.25. The van der Waals surface area contributed by atoms with Crippen LogP contribution >= 0.6 is 0 Å². The van der Waals surface area contributed by atoms with E-state index in [0.717, 1.165) is 17.8 Å². The summed E-state index contributed by atoms with van der Waals surface area (Å²) >= 11 is 0. The Morgan fingerprint density at radius 2 is 1.91 bits per heavy atom. The number of hydrogen-bond donors (Lipinski definition) is 0. The Balaban J connectivity index is 2.46. The zero-order chi connectivity index (χ0) is 8.27. The number of rotatable bonds is 3. The summed E-state index contributed by atoms with van der Waals surface area (Å²) in [7, 11) is 0. The lowest BCUT2D eigenvalue weighted by molar-refractivity contribution is 0.323. The highest BCUT2D eigenvalue weighted by molar-refractivity contribution is 5.04. The van der Waals surface area contributed by atoms with Crippen LogP contribution in [0.3, 0.4) is 0 Å². The van der Waals surface area contributed by atoms with Gasteiger partial charge in [0, 0.05) is 0 Å². The SMILES string of the molecule is CCCC1C=CC(C)C1CC. The Bertz CT molecular complexity index is 135. The molecule has 11 heavy (non-hydrogen) atoms. The van der Waals surface area contributed by atoms with Gasteiger partial charge in [0.2, 0.25) is 0 Å².